The van der Waals surface area contributed by atoms with Gasteiger partial charge in [-0.1, -0.05) is 41.4 Å². The molecule has 0 amide bonds. The molecule has 3 aromatic rings. The Kier molecular flexibility index (Phi) is 3.93. The van der Waals surface area contributed by atoms with Crippen LogP contribution in [0.3, 0.4) is 0 Å². The van der Waals surface area contributed by atoms with Gasteiger partial charge in [-0.15, -0.1) is 0 Å². The Morgan fingerprint density at radius 3 is 2.48 bits per heavy atom. The smallest absolute Gasteiger partial charge is 0.0700 e. The predicted molar refractivity (Wildman–Crippen MR) is 87.5 cm³/mol. The molecule has 2 N–H and O–H groups in total. The van der Waals surface area contributed by atoms with Crippen LogP contribution in [0.1, 0.15) is 11.1 Å². The highest BCUT2D eigenvalue weighted by atomic mass is 35.5. The monoisotopic (exact) mass is 297 g/mol. The van der Waals surface area contributed by atoms with E-state index in [-0.39, 0.29) is 0 Å². The van der Waals surface area contributed by atoms with Crippen LogP contribution in [0.2, 0.25) is 5.02 Å². The number of benzene rings is 2. The fraction of sp³-hybridized carbons (Fsp3) is 0.118. The highest BCUT2D eigenvalue weighted by Gasteiger charge is 2.07. The molecule has 3 nitrogen and oxygen atoms in total. The van der Waals surface area contributed by atoms with Crippen molar-refractivity contribution in [1.29, 1.82) is 0 Å². The van der Waals surface area contributed by atoms with Crippen molar-refractivity contribution in [3.8, 4) is 11.3 Å². The second-order valence-corrected chi connectivity index (χ2v) is 5.43. The maximum absolute atomic E-state index is 5.93. The fourth-order valence-electron chi connectivity index (χ4n) is 2.18. The minimum Gasteiger partial charge on any atom is -0.381 e. The summed E-state index contributed by atoms with van der Waals surface area (Å²) in [6, 6.07) is 16.1. The summed E-state index contributed by atoms with van der Waals surface area (Å²) in [5.74, 6) is 0. The second-order valence-electron chi connectivity index (χ2n) is 5.00. The van der Waals surface area contributed by atoms with Gasteiger partial charge in [0.25, 0.3) is 0 Å². The molecular weight excluding hydrogens is 282 g/mol. The zero-order chi connectivity index (χ0) is 14.7. The summed E-state index contributed by atoms with van der Waals surface area (Å²) in [6.07, 6.45) is 1.85. The van der Waals surface area contributed by atoms with Crippen molar-refractivity contribution >= 4 is 17.3 Å². The first kappa shape index (κ1) is 13.7. The van der Waals surface area contributed by atoms with Crippen molar-refractivity contribution in [2.45, 2.75) is 13.5 Å². The first-order chi connectivity index (χ1) is 10.2. The fourth-order valence-corrected chi connectivity index (χ4v) is 2.31. The maximum atomic E-state index is 5.93. The topological polar surface area (TPSA) is 40.7 Å². The Hall–Kier alpha value is -2.26. The molecule has 0 aliphatic heterocycles. The van der Waals surface area contributed by atoms with E-state index in [1.165, 1.54) is 5.56 Å². The highest BCUT2D eigenvalue weighted by Crippen LogP contribution is 2.23. The summed E-state index contributed by atoms with van der Waals surface area (Å²) in [7, 11) is 0. The van der Waals surface area contributed by atoms with Gasteiger partial charge < -0.3 is 5.32 Å². The summed E-state index contributed by atoms with van der Waals surface area (Å²) in [6.45, 7) is 2.80. The average Bonchev–Trinajstić information content (AvgIpc) is 2.96. The van der Waals surface area contributed by atoms with Crippen LogP contribution in [-0.2, 0) is 6.54 Å². The van der Waals surface area contributed by atoms with Gasteiger partial charge in [0.2, 0.25) is 0 Å². The molecule has 0 bridgehead atoms. The van der Waals surface area contributed by atoms with Crippen molar-refractivity contribution in [3.63, 3.8) is 0 Å². The van der Waals surface area contributed by atoms with Gasteiger partial charge in [-0.25, -0.2) is 0 Å². The van der Waals surface area contributed by atoms with Gasteiger partial charge in [0.15, 0.2) is 0 Å². The van der Waals surface area contributed by atoms with E-state index in [0.717, 1.165) is 34.1 Å². The van der Waals surface area contributed by atoms with Gasteiger partial charge in [-0.2, -0.15) is 5.10 Å². The number of anilines is 1. The van der Waals surface area contributed by atoms with Crippen LogP contribution >= 0.6 is 11.6 Å². The number of rotatable bonds is 4. The average molecular weight is 298 g/mol. The van der Waals surface area contributed by atoms with Crippen LogP contribution in [0, 0.1) is 6.92 Å². The van der Waals surface area contributed by atoms with Gasteiger partial charge in [0.1, 0.15) is 0 Å². The second kappa shape index (κ2) is 6.02. The first-order valence-electron chi connectivity index (χ1n) is 6.81. The number of aromatic nitrogens is 2. The quantitative estimate of drug-likeness (QED) is 0.736. The number of H-pyrrole nitrogens is 1. The maximum Gasteiger partial charge on any atom is 0.0700 e. The minimum atomic E-state index is 0.720. The molecule has 0 spiro atoms. The molecule has 2 aromatic carbocycles. The van der Waals surface area contributed by atoms with Crippen molar-refractivity contribution in [2.24, 2.45) is 0 Å². The van der Waals surface area contributed by atoms with E-state index < -0.39 is 0 Å². The Bertz CT molecular complexity index is 715. The van der Waals surface area contributed by atoms with Crippen molar-refractivity contribution in [2.75, 3.05) is 5.32 Å². The normalized spacial score (nSPS) is 10.6. The standard InChI is InChI=1S/C17H16ClN3/c1-12-2-8-16(9-3-12)19-10-14-11-20-21-17(14)13-4-6-15(18)7-5-13/h2-9,11,19H,10H2,1H3,(H,20,21). The molecular formula is C17H16ClN3. The van der Waals surface area contributed by atoms with Gasteiger partial charge in [0, 0.05) is 22.8 Å². The predicted octanol–water partition coefficient (Wildman–Crippen LogP) is 4.65. The molecule has 0 atom stereocenters. The Morgan fingerprint density at radius 1 is 1.05 bits per heavy atom. The number of hydrogen-bond acceptors (Lipinski definition) is 2. The lowest BCUT2D eigenvalue weighted by Gasteiger charge is -2.07. The third-order valence-corrected chi connectivity index (χ3v) is 3.64. The summed E-state index contributed by atoms with van der Waals surface area (Å²) in [5, 5.41) is 11.3. The van der Waals surface area contributed by atoms with E-state index in [2.05, 4.69) is 46.7 Å². The molecule has 3 rings (SSSR count). The van der Waals surface area contributed by atoms with Crippen molar-refractivity contribution < 1.29 is 0 Å². The molecule has 1 aromatic heterocycles. The van der Waals surface area contributed by atoms with E-state index in [9.17, 15) is 0 Å². The van der Waals surface area contributed by atoms with Crippen LogP contribution in [0.5, 0.6) is 0 Å². The number of nitrogens with zero attached hydrogens (tertiary/aromatic N) is 1. The first-order valence-corrected chi connectivity index (χ1v) is 7.19. The minimum absolute atomic E-state index is 0.720. The van der Waals surface area contributed by atoms with Crippen LogP contribution < -0.4 is 5.32 Å². The largest absolute Gasteiger partial charge is 0.381 e. The SMILES string of the molecule is Cc1ccc(NCc2cn[nH]c2-c2ccc(Cl)cc2)cc1. The van der Waals surface area contributed by atoms with E-state index in [0.29, 0.717) is 0 Å². The number of aromatic amines is 1. The molecule has 1 heterocycles. The van der Waals surface area contributed by atoms with E-state index in [4.69, 9.17) is 11.6 Å². The van der Waals surface area contributed by atoms with Gasteiger partial charge in [-0.05, 0) is 36.8 Å². The summed E-state index contributed by atoms with van der Waals surface area (Å²) in [5.41, 5.74) is 5.58. The van der Waals surface area contributed by atoms with Crippen LogP contribution in [-0.4, -0.2) is 10.2 Å². The third-order valence-electron chi connectivity index (χ3n) is 3.39. The van der Waals surface area contributed by atoms with Crippen molar-refractivity contribution in [3.05, 3.63) is 70.9 Å². The summed E-state index contributed by atoms with van der Waals surface area (Å²) >= 11 is 5.93. The number of nitrogens with one attached hydrogen (secondary N) is 2. The lowest BCUT2D eigenvalue weighted by Crippen LogP contribution is -1.99. The lowest BCUT2D eigenvalue weighted by atomic mass is 10.1. The molecule has 21 heavy (non-hydrogen) atoms. The molecule has 0 fully saturated rings. The molecule has 0 saturated heterocycles. The zero-order valence-corrected chi connectivity index (χ0v) is 12.5. The van der Waals surface area contributed by atoms with Crippen molar-refractivity contribution in [1.82, 2.24) is 10.2 Å². The highest BCUT2D eigenvalue weighted by molar-refractivity contribution is 6.30. The molecule has 0 saturated carbocycles. The van der Waals surface area contributed by atoms with Gasteiger partial charge >= 0.3 is 0 Å². The molecule has 0 unspecified atom stereocenters. The van der Waals surface area contributed by atoms with Crippen LogP contribution in [0.4, 0.5) is 5.69 Å². The van der Waals surface area contributed by atoms with Crippen LogP contribution in [0.15, 0.2) is 54.7 Å². The lowest BCUT2D eigenvalue weighted by molar-refractivity contribution is 1.10. The number of aryl methyl sites for hydroxylation is 1. The number of halogens is 1. The summed E-state index contributed by atoms with van der Waals surface area (Å²) in [4.78, 5) is 0. The zero-order valence-electron chi connectivity index (χ0n) is 11.7. The Labute approximate surface area is 129 Å². The number of hydrogen-bond donors (Lipinski definition) is 2. The molecule has 0 aliphatic carbocycles. The van der Waals surface area contributed by atoms with E-state index in [1.54, 1.807) is 0 Å². The van der Waals surface area contributed by atoms with Crippen LogP contribution in [0.25, 0.3) is 11.3 Å². The van der Waals surface area contributed by atoms with E-state index in [1.807, 2.05) is 30.5 Å². The Balaban J connectivity index is 1.76. The molecule has 106 valence electrons. The summed E-state index contributed by atoms with van der Waals surface area (Å²) < 4.78 is 0. The Morgan fingerprint density at radius 2 is 1.76 bits per heavy atom. The molecule has 0 radical (unpaired) electrons. The molecule has 4 heteroatoms. The van der Waals surface area contributed by atoms with E-state index >= 15 is 0 Å². The third kappa shape index (κ3) is 3.26. The van der Waals surface area contributed by atoms with Gasteiger partial charge in [0.05, 0.1) is 11.9 Å². The van der Waals surface area contributed by atoms with Gasteiger partial charge in [-0.3, -0.25) is 5.10 Å². The molecule has 0 aliphatic rings.